The molecule has 0 atom stereocenters. The van der Waals surface area contributed by atoms with E-state index < -0.39 is 0 Å². The molecular formula is C17H21ClN6O. The number of benzene rings is 1. The van der Waals surface area contributed by atoms with Gasteiger partial charge in [0.15, 0.2) is 5.96 Å². The number of aromatic nitrogens is 2. The summed E-state index contributed by atoms with van der Waals surface area (Å²) < 4.78 is 5.34. The Morgan fingerprint density at radius 2 is 1.92 bits per heavy atom. The molecule has 7 nitrogen and oxygen atoms in total. The lowest BCUT2D eigenvalue weighted by atomic mass is 10.2. The average Bonchev–Trinajstić information content (AvgIpc) is 2.67. The van der Waals surface area contributed by atoms with Crippen molar-refractivity contribution in [3.05, 3.63) is 47.2 Å². The maximum atomic E-state index is 6.24. The maximum absolute atomic E-state index is 6.24. The molecule has 8 heteroatoms. The summed E-state index contributed by atoms with van der Waals surface area (Å²) in [6.07, 6.45) is 3.50. The lowest BCUT2D eigenvalue weighted by Gasteiger charge is -2.35. The van der Waals surface area contributed by atoms with Crippen LogP contribution in [0.5, 0.6) is 5.75 Å². The number of hydrogen-bond donors (Lipinski definition) is 1. The first-order chi connectivity index (χ1) is 12.2. The fourth-order valence-electron chi connectivity index (χ4n) is 2.73. The van der Waals surface area contributed by atoms with Crippen LogP contribution < -0.4 is 15.4 Å². The van der Waals surface area contributed by atoms with Crippen molar-refractivity contribution in [1.29, 1.82) is 0 Å². The van der Waals surface area contributed by atoms with Gasteiger partial charge in [-0.3, -0.25) is 0 Å². The van der Waals surface area contributed by atoms with Crippen LogP contribution in [0.1, 0.15) is 5.56 Å². The molecule has 1 aromatic heterocycles. The number of halogens is 1. The van der Waals surface area contributed by atoms with Gasteiger partial charge in [-0.25, -0.2) is 15.0 Å². The topological polar surface area (TPSA) is 79.9 Å². The molecule has 0 amide bonds. The van der Waals surface area contributed by atoms with Gasteiger partial charge in [0.05, 0.1) is 13.7 Å². The Kier molecular flexibility index (Phi) is 5.55. The number of aliphatic imine (C=N–C) groups is 1. The molecule has 2 N–H and O–H groups in total. The van der Waals surface area contributed by atoms with E-state index in [1.165, 1.54) is 0 Å². The van der Waals surface area contributed by atoms with Crippen molar-refractivity contribution in [2.45, 2.75) is 6.54 Å². The molecule has 0 unspecified atom stereocenters. The number of piperazine rings is 1. The average molecular weight is 361 g/mol. The minimum absolute atomic E-state index is 0.386. The van der Waals surface area contributed by atoms with Crippen molar-refractivity contribution in [3.63, 3.8) is 0 Å². The van der Waals surface area contributed by atoms with Crippen LogP contribution in [0.15, 0.2) is 41.7 Å². The second-order valence-corrected chi connectivity index (χ2v) is 6.03. The molecule has 0 bridgehead atoms. The van der Waals surface area contributed by atoms with Crippen LogP contribution in [-0.2, 0) is 6.54 Å². The SMILES string of the molecule is COc1cccc(Cl)c1CN=C(N)N1CCN(c2ncccn2)CC1. The van der Waals surface area contributed by atoms with E-state index in [-0.39, 0.29) is 0 Å². The zero-order valence-corrected chi connectivity index (χ0v) is 14.9. The van der Waals surface area contributed by atoms with Gasteiger partial charge in [0, 0.05) is 49.2 Å². The molecule has 1 saturated heterocycles. The van der Waals surface area contributed by atoms with Gasteiger partial charge in [0.25, 0.3) is 0 Å². The van der Waals surface area contributed by atoms with Crippen LogP contribution in [0.3, 0.4) is 0 Å². The van der Waals surface area contributed by atoms with E-state index in [2.05, 4.69) is 24.8 Å². The normalized spacial score (nSPS) is 15.4. The Morgan fingerprint density at radius 1 is 1.20 bits per heavy atom. The third kappa shape index (κ3) is 4.11. The smallest absolute Gasteiger partial charge is 0.225 e. The summed E-state index contributed by atoms with van der Waals surface area (Å²) in [5.74, 6) is 1.98. The predicted molar refractivity (Wildman–Crippen MR) is 99.1 cm³/mol. The Labute approximate surface area is 152 Å². The van der Waals surface area contributed by atoms with Crippen molar-refractivity contribution in [1.82, 2.24) is 14.9 Å². The number of nitrogens with zero attached hydrogens (tertiary/aromatic N) is 5. The molecule has 1 fully saturated rings. The highest BCUT2D eigenvalue weighted by Gasteiger charge is 2.20. The number of methoxy groups -OCH3 is 1. The van der Waals surface area contributed by atoms with E-state index in [1.807, 2.05) is 24.3 Å². The summed E-state index contributed by atoms with van der Waals surface area (Å²) in [6.45, 7) is 3.53. The van der Waals surface area contributed by atoms with Crippen molar-refractivity contribution in [2.75, 3.05) is 38.2 Å². The summed E-state index contributed by atoms with van der Waals surface area (Å²) in [5.41, 5.74) is 7.00. The van der Waals surface area contributed by atoms with Gasteiger partial charge in [0.1, 0.15) is 5.75 Å². The van der Waals surface area contributed by atoms with Crippen LogP contribution >= 0.6 is 11.6 Å². The van der Waals surface area contributed by atoms with E-state index >= 15 is 0 Å². The lowest BCUT2D eigenvalue weighted by molar-refractivity contribution is 0.377. The molecule has 2 heterocycles. The van der Waals surface area contributed by atoms with Gasteiger partial charge in [0.2, 0.25) is 5.95 Å². The summed E-state index contributed by atoms with van der Waals surface area (Å²) in [7, 11) is 1.62. The number of hydrogen-bond acceptors (Lipinski definition) is 5. The number of nitrogens with two attached hydrogens (primary N) is 1. The molecule has 1 aromatic carbocycles. The van der Waals surface area contributed by atoms with Gasteiger partial charge < -0.3 is 20.3 Å². The van der Waals surface area contributed by atoms with Gasteiger partial charge in [-0.05, 0) is 18.2 Å². The fourth-order valence-corrected chi connectivity index (χ4v) is 2.96. The second kappa shape index (κ2) is 8.02. The Morgan fingerprint density at radius 3 is 2.60 bits per heavy atom. The van der Waals surface area contributed by atoms with Crippen LogP contribution in [0, 0.1) is 0 Å². The molecule has 1 aliphatic rings. The zero-order chi connectivity index (χ0) is 17.6. The molecular weight excluding hydrogens is 340 g/mol. The number of ether oxygens (including phenoxy) is 1. The fraction of sp³-hybridized carbons (Fsp3) is 0.353. The molecule has 1 aliphatic heterocycles. The minimum Gasteiger partial charge on any atom is -0.496 e. The first-order valence-electron chi connectivity index (χ1n) is 8.07. The van der Waals surface area contributed by atoms with Crippen molar-refractivity contribution < 1.29 is 4.74 Å². The van der Waals surface area contributed by atoms with Gasteiger partial charge in [-0.2, -0.15) is 0 Å². The van der Waals surface area contributed by atoms with Gasteiger partial charge in [-0.1, -0.05) is 17.7 Å². The number of anilines is 1. The van der Waals surface area contributed by atoms with E-state index in [0.29, 0.717) is 17.5 Å². The Balaban J connectivity index is 1.61. The van der Waals surface area contributed by atoms with Crippen LogP contribution in [0.4, 0.5) is 5.95 Å². The third-order valence-electron chi connectivity index (χ3n) is 4.13. The monoisotopic (exact) mass is 360 g/mol. The van der Waals surface area contributed by atoms with Gasteiger partial charge in [-0.15, -0.1) is 0 Å². The minimum atomic E-state index is 0.386. The summed E-state index contributed by atoms with van der Waals surface area (Å²) in [4.78, 5) is 17.3. The van der Waals surface area contributed by atoms with Crippen LogP contribution in [0.2, 0.25) is 5.02 Å². The molecule has 25 heavy (non-hydrogen) atoms. The largest absolute Gasteiger partial charge is 0.496 e. The molecule has 0 spiro atoms. The standard InChI is InChI=1S/C17H21ClN6O/c1-25-15-5-2-4-14(18)13(15)12-22-16(19)23-8-10-24(11-9-23)17-20-6-3-7-21-17/h2-7H,8-12H2,1H3,(H2,19,22). The van der Waals surface area contributed by atoms with Crippen molar-refractivity contribution >= 4 is 23.5 Å². The number of rotatable bonds is 4. The zero-order valence-electron chi connectivity index (χ0n) is 14.1. The highest BCUT2D eigenvalue weighted by molar-refractivity contribution is 6.31. The van der Waals surface area contributed by atoms with E-state index in [9.17, 15) is 0 Å². The van der Waals surface area contributed by atoms with E-state index in [4.69, 9.17) is 22.1 Å². The van der Waals surface area contributed by atoms with Crippen molar-refractivity contribution in [3.8, 4) is 5.75 Å². The molecule has 0 aliphatic carbocycles. The first-order valence-corrected chi connectivity index (χ1v) is 8.45. The molecule has 0 radical (unpaired) electrons. The van der Waals surface area contributed by atoms with Crippen LogP contribution in [0.25, 0.3) is 0 Å². The Hall–Kier alpha value is -2.54. The highest BCUT2D eigenvalue weighted by atomic mass is 35.5. The lowest BCUT2D eigenvalue weighted by Crippen LogP contribution is -2.51. The van der Waals surface area contributed by atoms with E-state index in [1.54, 1.807) is 19.5 Å². The quantitative estimate of drug-likeness (QED) is 0.661. The molecule has 132 valence electrons. The summed E-state index contributed by atoms with van der Waals surface area (Å²) in [6, 6.07) is 7.35. The Bertz CT molecular complexity index is 731. The predicted octanol–water partition coefficient (Wildman–Crippen LogP) is 1.78. The summed E-state index contributed by atoms with van der Waals surface area (Å²) in [5, 5.41) is 0.627. The molecule has 2 aromatic rings. The molecule has 0 saturated carbocycles. The maximum Gasteiger partial charge on any atom is 0.225 e. The second-order valence-electron chi connectivity index (χ2n) is 5.62. The molecule has 3 rings (SSSR count). The highest BCUT2D eigenvalue weighted by Crippen LogP contribution is 2.26. The summed E-state index contributed by atoms with van der Waals surface area (Å²) >= 11 is 6.24. The van der Waals surface area contributed by atoms with Gasteiger partial charge >= 0.3 is 0 Å². The van der Waals surface area contributed by atoms with Crippen molar-refractivity contribution in [2.24, 2.45) is 10.7 Å². The first kappa shape index (κ1) is 17.3. The number of guanidine groups is 1. The third-order valence-corrected chi connectivity index (χ3v) is 4.49. The van der Waals surface area contributed by atoms with E-state index in [0.717, 1.165) is 43.4 Å². The van der Waals surface area contributed by atoms with Crippen LogP contribution in [-0.4, -0.2) is 54.1 Å².